The van der Waals surface area contributed by atoms with Gasteiger partial charge in [-0.25, -0.2) is 39.5 Å². The molecule has 11 atom stereocenters. The third-order valence-corrected chi connectivity index (χ3v) is 22.6. The molecular formula is C67H75N15O20S5. The Morgan fingerprint density at radius 1 is 0.813 bits per heavy atom. The average molecular weight is 1570 g/mol. The summed E-state index contributed by atoms with van der Waals surface area (Å²) in [6.07, 6.45) is -7.62. The van der Waals surface area contributed by atoms with E-state index in [1.54, 1.807) is 56.9 Å². The molecule has 4 aliphatic rings. The predicted molar refractivity (Wildman–Crippen MR) is 385 cm³/mol. The largest absolute Gasteiger partial charge is 0.506 e. The van der Waals surface area contributed by atoms with Gasteiger partial charge in [-0.1, -0.05) is 12.1 Å². The van der Waals surface area contributed by atoms with Gasteiger partial charge in [0.05, 0.1) is 56.3 Å². The first-order valence-corrected chi connectivity index (χ1v) is 37.6. The number of fused-ring (bicyclic) bond motifs is 15. The Bertz CT molecular complexity index is 4770. The number of benzene rings is 1. The van der Waals surface area contributed by atoms with E-state index in [-0.39, 0.29) is 138 Å². The Morgan fingerprint density at radius 2 is 1.48 bits per heavy atom. The fraction of sp³-hybridized carbons (Fsp3) is 0.433. The highest BCUT2D eigenvalue weighted by molar-refractivity contribution is 7.14. The summed E-state index contributed by atoms with van der Waals surface area (Å²) in [6.45, 7) is 3.67. The van der Waals surface area contributed by atoms with Crippen molar-refractivity contribution in [3.63, 3.8) is 0 Å². The lowest BCUT2D eigenvalue weighted by molar-refractivity contribution is -0.280. The van der Waals surface area contributed by atoms with Gasteiger partial charge in [-0.2, -0.15) is 4.73 Å². The number of nitrogens with one attached hydrogen (secondary N) is 5. The predicted octanol–water partition coefficient (Wildman–Crippen LogP) is 2.64. The number of cyclic esters (lactones) is 2. The molecule has 0 saturated carbocycles. The lowest BCUT2D eigenvalue weighted by Crippen LogP contribution is -2.62. The van der Waals surface area contributed by atoms with Crippen LogP contribution in [0.25, 0.3) is 49.3 Å². The first-order chi connectivity index (χ1) is 51.1. The number of nitrogens with zero attached hydrogens (tertiary/aromatic N) is 10. The summed E-state index contributed by atoms with van der Waals surface area (Å²) in [5.74, 6) is -7.83. The lowest BCUT2D eigenvalue weighted by atomic mass is 9.85. The van der Waals surface area contributed by atoms with Crippen LogP contribution in [0.5, 0.6) is 5.75 Å². The molecule has 12 rings (SSSR count). The quantitative estimate of drug-likeness (QED) is 0.0399. The summed E-state index contributed by atoms with van der Waals surface area (Å²) in [5, 5.41) is 87.5. The molecule has 6 amide bonds. The minimum absolute atomic E-state index is 0.00205. The van der Waals surface area contributed by atoms with Gasteiger partial charge in [-0.3, -0.25) is 28.8 Å². The molecule has 1 fully saturated rings. The van der Waals surface area contributed by atoms with Crippen LogP contribution in [-0.4, -0.2) is 257 Å². The van der Waals surface area contributed by atoms with E-state index in [0.29, 0.717) is 10.3 Å². The van der Waals surface area contributed by atoms with Crippen molar-refractivity contribution in [2.45, 2.75) is 114 Å². The molecule has 11 heterocycles. The normalized spacial score (nSPS) is 23.4. The number of aromatic nitrogens is 7. The average Bonchev–Trinajstić information content (AvgIpc) is 1.63. The fourth-order valence-corrected chi connectivity index (χ4v) is 17.2. The Morgan fingerprint density at radius 3 is 2.19 bits per heavy atom. The third kappa shape index (κ3) is 16.1. The Balaban J connectivity index is 1.01. The summed E-state index contributed by atoms with van der Waals surface area (Å²) in [4.78, 5) is 150. The van der Waals surface area contributed by atoms with Crippen molar-refractivity contribution >= 4 is 121 Å². The second-order valence-electron chi connectivity index (χ2n) is 26.0. The fourth-order valence-electron chi connectivity index (χ4n) is 13.0. The van der Waals surface area contributed by atoms with E-state index in [1.807, 2.05) is 0 Å². The number of ether oxygens (including phenoxy) is 6. The van der Waals surface area contributed by atoms with Gasteiger partial charge in [0.1, 0.15) is 126 Å². The lowest BCUT2D eigenvalue weighted by Gasteiger charge is -2.48. The Labute approximate surface area is 629 Å². The maximum Gasteiger partial charge on any atom is 0.358 e. The molecule has 568 valence electrons. The first kappa shape index (κ1) is 77.2. The molecule has 11 unspecified atom stereocenters. The number of aromatic hydroxyl groups is 1. The maximum atomic E-state index is 15.2. The van der Waals surface area contributed by atoms with Crippen LogP contribution < -0.4 is 26.6 Å². The number of carbonyl (C=O) groups excluding carboxylic acids is 8. The molecule has 8 aromatic rings. The molecule has 12 bridgehead atoms. The highest BCUT2D eigenvalue weighted by Gasteiger charge is 2.50. The van der Waals surface area contributed by atoms with Crippen molar-refractivity contribution in [1.82, 2.24) is 75.9 Å². The van der Waals surface area contributed by atoms with E-state index in [2.05, 4.69) is 41.5 Å². The molecule has 0 radical (unpaired) electrons. The number of thiazole rings is 5. The number of pyridine rings is 1. The van der Waals surface area contributed by atoms with Crippen molar-refractivity contribution in [2.75, 3.05) is 74.8 Å². The van der Waals surface area contributed by atoms with Crippen LogP contribution in [0.3, 0.4) is 0 Å². The molecule has 0 spiro atoms. The number of esters is 2. The molecule has 1 aromatic carbocycles. The second kappa shape index (κ2) is 32.2. The van der Waals surface area contributed by atoms with Crippen molar-refractivity contribution < 1.29 is 97.5 Å². The number of hydrogen-bond acceptors (Lipinski definition) is 33. The summed E-state index contributed by atoms with van der Waals surface area (Å²) in [7, 11) is 7.92. The molecule has 35 nitrogen and oxygen atoms in total. The number of carbonyl (C=O) groups is 8. The van der Waals surface area contributed by atoms with E-state index in [9.17, 15) is 49.9 Å². The van der Waals surface area contributed by atoms with Crippen LogP contribution in [-0.2, 0) is 56.0 Å². The molecular weight excluding hydrogens is 1500 g/mol. The number of rotatable bonds is 15. The molecule has 1 saturated heterocycles. The first-order valence-electron chi connectivity index (χ1n) is 33.2. The molecule has 107 heavy (non-hydrogen) atoms. The van der Waals surface area contributed by atoms with Gasteiger partial charge in [-0.05, 0) is 66.5 Å². The number of aliphatic hydroxyl groups excluding tert-OH is 3. The highest BCUT2D eigenvalue weighted by Crippen LogP contribution is 2.43. The van der Waals surface area contributed by atoms with Crippen LogP contribution >= 0.6 is 56.7 Å². The van der Waals surface area contributed by atoms with E-state index in [0.717, 1.165) is 56.7 Å². The van der Waals surface area contributed by atoms with Gasteiger partial charge in [0.2, 0.25) is 11.8 Å². The van der Waals surface area contributed by atoms with Crippen LogP contribution in [0.15, 0.2) is 56.9 Å². The summed E-state index contributed by atoms with van der Waals surface area (Å²) in [5.41, 5.74) is -2.97. The zero-order chi connectivity index (χ0) is 76.6. The molecule has 0 aliphatic carbocycles. The van der Waals surface area contributed by atoms with Gasteiger partial charge in [0.15, 0.2) is 18.1 Å². The third-order valence-electron chi connectivity index (χ3n) is 18.1. The van der Waals surface area contributed by atoms with E-state index in [4.69, 9.17) is 43.4 Å². The van der Waals surface area contributed by atoms with E-state index in [1.165, 1.54) is 71.9 Å². The smallest absolute Gasteiger partial charge is 0.358 e. The van der Waals surface area contributed by atoms with Gasteiger partial charge in [0.25, 0.3) is 23.6 Å². The van der Waals surface area contributed by atoms with Crippen molar-refractivity contribution in [3.05, 3.63) is 112 Å². The zero-order valence-electron chi connectivity index (χ0n) is 58.7. The number of amides is 6. The number of methoxy groups -OCH3 is 1. The number of hydrogen-bond donors (Lipinski definition) is 11. The van der Waals surface area contributed by atoms with E-state index >= 15 is 19.2 Å². The highest BCUT2D eigenvalue weighted by atomic mass is 32.1. The molecule has 4 aliphatic heterocycles. The van der Waals surface area contributed by atoms with Crippen LogP contribution in [0.4, 0.5) is 0 Å². The van der Waals surface area contributed by atoms with Crippen molar-refractivity contribution in [2.24, 2.45) is 0 Å². The second-order valence-corrected chi connectivity index (χ2v) is 30.4. The summed E-state index contributed by atoms with van der Waals surface area (Å²) in [6, 6.07) is -0.597. The van der Waals surface area contributed by atoms with Gasteiger partial charge in [-0.15, -0.1) is 56.7 Å². The Kier molecular flexibility index (Phi) is 23.2. The molecule has 40 heteroatoms. The number of likely N-dealkylation sites (N-methyl/N-ethyl adjacent to an activating group) is 3. The Hall–Kier alpha value is -9.40. The number of allylic oxidation sites excluding steroid dienone is 1. The van der Waals surface area contributed by atoms with Crippen LogP contribution in [0.1, 0.15) is 125 Å². The van der Waals surface area contributed by atoms with Gasteiger partial charge in [0, 0.05) is 76.5 Å². The van der Waals surface area contributed by atoms with E-state index < -0.39 is 145 Å². The standard InChI is InChI=1S/C67H75N15O20S5/c1-28(85)45-58(91)77-46(29(2)97-9)61-72-40(27-105-61)57(90)78-49-51-52(102-43-18-67(4,95)53(79(5)6)30(3)101-43)66(94)99-20-31-11-10-12-41-44(31)33(21-98-51)50(82(41)96)65(93)100-22-35(69-55(88)38-26-107-63(49)74-38)60-70-36(23-104-60)47-32(59-71-39(24-103-59)56(89)76-45)17-42(86)48(75-47)62-73-37(25-106-62)54(87)68-34(19-80(7)13-15-83)64(92)81(8)14-16-84/h10-12,17,23-28,30,34-35,43,45,49,51-53,83-86,95-96H,13-16,18-22H2,1-9H3,(H,68,87)(H,69,88)(H,76,89)(H,77,91)(H,78,90)/b46-29+. The zero-order valence-corrected chi connectivity index (χ0v) is 62.8. The van der Waals surface area contributed by atoms with Crippen LogP contribution in [0, 0.1) is 0 Å². The maximum absolute atomic E-state index is 15.2. The molecule has 11 N–H and O–H groups in total. The van der Waals surface area contributed by atoms with Crippen molar-refractivity contribution in [1.29, 1.82) is 0 Å². The van der Waals surface area contributed by atoms with Crippen molar-refractivity contribution in [3.8, 4) is 38.4 Å². The monoisotopic (exact) mass is 1570 g/mol. The number of aliphatic hydroxyl groups is 4. The minimum Gasteiger partial charge on any atom is -0.506 e. The summed E-state index contributed by atoms with van der Waals surface area (Å²) < 4.78 is 38.3. The SMILES string of the molecule is CO/C(C)=C1/NC(=O)C(C(C)O)NC(=O)c2csc(n2)-c2cc(O)c(-c3nc(C(=O)NC(CN(C)CCO)C(=O)N(C)CCO)cs3)nc2-c2csc(n2)C2COC(=O)c3c4c5c(cccc5n3O)COC(=O)C(OC3CC(C)(O)C(N(C)C)C(C)O3)C(OC4)C(NC(=O)c3csc1n3)c1nc(cs1)C(=O)N2. The van der Waals surface area contributed by atoms with Gasteiger partial charge < -0.3 is 100 Å². The van der Waals surface area contributed by atoms with Gasteiger partial charge >= 0.3 is 11.9 Å². The molecule has 7 aromatic heterocycles. The summed E-state index contributed by atoms with van der Waals surface area (Å²) >= 11 is 4.45. The topological polar surface area (TPSA) is 465 Å². The van der Waals surface area contributed by atoms with Crippen LogP contribution in [0.2, 0.25) is 0 Å². The minimum atomic E-state index is -1.93.